The van der Waals surface area contributed by atoms with Gasteiger partial charge in [0.1, 0.15) is 6.61 Å². The highest BCUT2D eigenvalue weighted by Gasteiger charge is 2.22. The van der Waals surface area contributed by atoms with Gasteiger partial charge in [-0.3, -0.25) is 0 Å². The van der Waals surface area contributed by atoms with Crippen LogP contribution in [0.2, 0.25) is 0 Å². The zero-order valence-corrected chi connectivity index (χ0v) is 13.0. The minimum absolute atomic E-state index is 0.0136. The van der Waals surface area contributed by atoms with Crippen LogP contribution in [0.15, 0.2) is 18.3 Å². The van der Waals surface area contributed by atoms with Crippen molar-refractivity contribution in [2.45, 2.75) is 45.8 Å². The van der Waals surface area contributed by atoms with Gasteiger partial charge in [0.15, 0.2) is 0 Å². The fourth-order valence-corrected chi connectivity index (χ4v) is 1.38. The van der Waals surface area contributed by atoms with Crippen molar-refractivity contribution in [1.82, 2.24) is 15.2 Å². The van der Waals surface area contributed by atoms with Gasteiger partial charge in [0, 0.05) is 29.9 Å². The van der Waals surface area contributed by atoms with Crippen LogP contribution in [-0.4, -0.2) is 42.2 Å². The third-order valence-electron chi connectivity index (χ3n) is 3.32. The van der Waals surface area contributed by atoms with Gasteiger partial charge in [-0.2, -0.15) is 0 Å². The first kappa shape index (κ1) is 15.9. The van der Waals surface area contributed by atoms with Crippen LogP contribution >= 0.6 is 0 Å². The number of rotatable bonds is 7. The number of hydrogen-bond donors (Lipinski definition) is 1. The fourth-order valence-electron chi connectivity index (χ4n) is 1.38. The average molecular weight is 265 g/mol. The Morgan fingerprint density at radius 1 is 1.37 bits per heavy atom. The molecule has 0 aliphatic heterocycles. The van der Waals surface area contributed by atoms with E-state index in [1.54, 1.807) is 6.20 Å². The number of hydrogen-bond acceptors (Lipinski definition) is 4. The summed E-state index contributed by atoms with van der Waals surface area (Å²) in [5.74, 6) is 0.727. The molecule has 0 aliphatic rings. The van der Waals surface area contributed by atoms with Crippen LogP contribution < -0.4 is 10.1 Å². The highest BCUT2D eigenvalue weighted by Crippen LogP contribution is 2.18. The summed E-state index contributed by atoms with van der Waals surface area (Å²) in [4.78, 5) is 6.49. The zero-order valence-electron chi connectivity index (χ0n) is 13.0. The molecular weight excluding hydrogens is 238 g/mol. The molecule has 0 unspecified atom stereocenters. The molecule has 0 fully saturated rings. The average Bonchev–Trinajstić information content (AvgIpc) is 2.34. The van der Waals surface area contributed by atoms with E-state index in [1.165, 1.54) is 0 Å². The lowest BCUT2D eigenvalue weighted by atomic mass is 10.1. The van der Waals surface area contributed by atoms with Gasteiger partial charge in [-0.15, -0.1) is 0 Å². The van der Waals surface area contributed by atoms with Crippen molar-refractivity contribution in [3.8, 4) is 5.88 Å². The second-order valence-corrected chi connectivity index (χ2v) is 6.00. The molecule has 108 valence electrons. The van der Waals surface area contributed by atoms with Crippen LogP contribution in [0.4, 0.5) is 0 Å². The lowest BCUT2D eigenvalue weighted by Gasteiger charge is -2.32. The Morgan fingerprint density at radius 2 is 2.05 bits per heavy atom. The Balaban J connectivity index is 2.67. The molecule has 1 N–H and O–H groups in total. The van der Waals surface area contributed by atoms with Crippen molar-refractivity contribution >= 4 is 0 Å². The highest BCUT2D eigenvalue weighted by molar-refractivity contribution is 5.25. The summed E-state index contributed by atoms with van der Waals surface area (Å²) in [5, 5.41) is 3.39. The molecule has 0 saturated heterocycles. The summed E-state index contributed by atoms with van der Waals surface area (Å²) in [7, 11) is 4.12. The van der Waals surface area contributed by atoms with Gasteiger partial charge < -0.3 is 15.0 Å². The van der Waals surface area contributed by atoms with E-state index < -0.39 is 0 Å². The summed E-state index contributed by atoms with van der Waals surface area (Å²) >= 11 is 0. The molecule has 19 heavy (non-hydrogen) atoms. The predicted octanol–water partition coefficient (Wildman–Crippen LogP) is 2.30. The fraction of sp³-hybridized carbons (Fsp3) is 0.667. The van der Waals surface area contributed by atoms with E-state index in [2.05, 4.69) is 63.1 Å². The van der Waals surface area contributed by atoms with E-state index in [0.29, 0.717) is 12.6 Å². The highest BCUT2D eigenvalue weighted by atomic mass is 16.5. The zero-order chi connectivity index (χ0) is 14.5. The van der Waals surface area contributed by atoms with Crippen LogP contribution in [0.5, 0.6) is 5.88 Å². The van der Waals surface area contributed by atoms with Gasteiger partial charge in [-0.25, -0.2) is 4.98 Å². The maximum atomic E-state index is 5.90. The number of ether oxygens (including phenoxy) is 1. The standard InChI is InChI=1S/C15H27N3O/c1-12(2)17-10-13-8-7-9-16-14(13)19-11-15(3,4)18(5)6/h7-9,12,17H,10-11H2,1-6H3. The van der Waals surface area contributed by atoms with E-state index in [0.717, 1.165) is 18.0 Å². The molecule has 0 atom stereocenters. The molecule has 1 heterocycles. The Kier molecular flexibility index (Phi) is 5.76. The normalized spacial score (nSPS) is 12.2. The Bertz CT molecular complexity index is 389. The second kappa shape index (κ2) is 6.87. The van der Waals surface area contributed by atoms with Gasteiger partial charge in [-0.05, 0) is 34.0 Å². The molecule has 0 amide bonds. The number of pyridine rings is 1. The molecule has 0 spiro atoms. The van der Waals surface area contributed by atoms with Gasteiger partial charge >= 0.3 is 0 Å². The summed E-state index contributed by atoms with van der Waals surface area (Å²) in [6, 6.07) is 4.45. The summed E-state index contributed by atoms with van der Waals surface area (Å²) in [6.45, 7) is 9.97. The maximum Gasteiger partial charge on any atom is 0.217 e. The smallest absolute Gasteiger partial charge is 0.217 e. The molecule has 1 rings (SSSR count). The predicted molar refractivity (Wildman–Crippen MR) is 79.5 cm³/mol. The minimum Gasteiger partial charge on any atom is -0.475 e. The van der Waals surface area contributed by atoms with Crippen molar-refractivity contribution < 1.29 is 4.74 Å². The van der Waals surface area contributed by atoms with E-state index in [9.17, 15) is 0 Å². The summed E-state index contributed by atoms with van der Waals surface area (Å²) in [5.41, 5.74) is 1.09. The molecule has 4 nitrogen and oxygen atoms in total. The number of nitrogens with one attached hydrogen (secondary N) is 1. The van der Waals surface area contributed by atoms with Gasteiger partial charge in [0.05, 0.1) is 0 Å². The molecule has 1 aromatic rings. The molecule has 4 heteroatoms. The van der Waals surface area contributed by atoms with E-state index in [4.69, 9.17) is 4.74 Å². The maximum absolute atomic E-state index is 5.90. The third-order valence-corrected chi connectivity index (χ3v) is 3.32. The van der Waals surface area contributed by atoms with E-state index >= 15 is 0 Å². The Morgan fingerprint density at radius 3 is 2.63 bits per heavy atom. The largest absolute Gasteiger partial charge is 0.475 e. The van der Waals surface area contributed by atoms with Crippen molar-refractivity contribution in [2.75, 3.05) is 20.7 Å². The molecule has 0 bridgehead atoms. The second-order valence-electron chi connectivity index (χ2n) is 6.00. The van der Waals surface area contributed by atoms with E-state index in [1.807, 2.05) is 6.07 Å². The van der Waals surface area contributed by atoms with Crippen LogP contribution in [0, 0.1) is 0 Å². The van der Waals surface area contributed by atoms with Crippen LogP contribution in [0.25, 0.3) is 0 Å². The first-order valence-electron chi connectivity index (χ1n) is 6.80. The monoisotopic (exact) mass is 265 g/mol. The lowest BCUT2D eigenvalue weighted by molar-refractivity contribution is 0.110. The van der Waals surface area contributed by atoms with Crippen molar-refractivity contribution in [1.29, 1.82) is 0 Å². The Labute approximate surface area is 117 Å². The van der Waals surface area contributed by atoms with Gasteiger partial charge in [0.2, 0.25) is 5.88 Å². The molecule has 0 aliphatic carbocycles. The Hall–Kier alpha value is -1.13. The number of aromatic nitrogens is 1. The molecule has 0 saturated carbocycles. The third kappa shape index (κ3) is 5.17. The van der Waals surface area contributed by atoms with Crippen LogP contribution in [-0.2, 0) is 6.54 Å². The topological polar surface area (TPSA) is 37.4 Å². The van der Waals surface area contributed by atoms with Crippen molar-refractivity contribution in [3.63, 3.8) is 0 Å². The minimum atomic E-state index is -0.0136. The van der Waals surface area contributed by atoms with Gasteiger partial charge in [0.25, 0.3) is 0 Å². The first-order valence-corrected chi connectivity index (χ1v) is 6.80. The van der Waals surface area contributed by atoms with E-state index in [-0.39, 0.29) is 5.54 Å². The number of nitrogens with zero attached hydrogens (tertiary/aromatic N) is 2. The SMILES string of the molecule is CC(C)NCc1cccnc1OCC(C)(C)N(C)C. The molecule has 1 aromatic heterocycles. The van der Waals surface area contributed by atoms with Crippen LogP contribution in [0.1, 0.15) is 33.3 Å². The molecular formula is C15H27N3O. The summed E-state index contributed by atoms with van der Waals surface area (Å²) in [6.07, 6.45) is 1.77. The lowest BCUT2D eigenvalue weighted by Crippen LogP contribution is -2.43. The first-order chi connectivity index (χ1) is 8.83. The van der Waals surface area contributed by atoms with Gasteiger partial charge in [-0.1, -0.05) is 19.9 Å². The summed E-state index contributed by atoms with van der Waals surface area (Å²) < 4.78 is 5.90. The number of likely N-dealkylation sites (N-methyl/N-ethyl adjacent to an activating group) is 1. The van der Waals surface area contributed by atoms with Crippen molar-refractivity contribution in [3.05, 3.63) is 23.9 Å². The quantitative estimate of drug-likeness (QED) is 0.821. The van der Waals surface area contributed by atoms with Crippen molar-refractivity contribution in [2.24, 2.45) is 0 Å². The molecule has 0 aromatic carbocycles. The molecule has 0 radical (unpaired) electrons. The van der Waals surface area contributed by atoms with Crippen LogP contribution in [0.3, 0.4) is 0 Å².